The minimum Gasteiger partial charge on any atom is -0.399 e. The molecule has 1 atom stereocenters. The van der Waals surface area contributed by atoms with Gasteiger partial charge in [-0.05, 0) is 29.7 Å². The fraction of sp³-hybridized carbons (Fsp3) is 0.500. The van der Waals surface area contributed by atoms with Gasteiger partial charge >= 0.3 is 0 Å². The molecule has 1 fully saturated rings. The van der Waals surface area contributed by atoms with Gasteiger partial charge in [0.15, 0.2) is 0 Å². The van der Waals surface area contributed by atoms with Gasteiger partial charge in [-0.2, -0.15) is 0 Å². The molecule has 0 bridgehead atoms. The number of nitrogens with one attached hydrogen (secondary N) is 1. The monoisotopic (exact) mass is 203 g/mol. The van der Waals surface area contributed by atoms with Crippen LogP contribution in [0.1, 0.15) is 17.2 Å². The second-order valence-corrected chi connectivity index (χ2v) is 4.46. The summed E-state index contributed by atoms with van der Waals surface area (Å²) in [5.41, 5.74) is 9.63. The van der Waals surface area contributed by atoms with Crippen LogP contribution in [0, 0.1) is 0 Å². The summed E-state index contributed by atoms with van der Waals surface area (Å²) >= 11 is 0. The van der Waals surface area contributed by atoms with Gasteiger partial charge in [-0.3, -0.25) is 4.90 Å². The van der Waals surface area contributed by atoms with Crippen molar-refractivity contribution in [2.45, 2.75) is 12.5 Å². The van der Waals surface area contributed by atoms with Crippen molar-refractivity contribution in [1.82, 2.24) is 10.2 Å². The number of nitrogen functional groups attached to an aromatic ring is 1. The Morgan fingerprint density at radius 1 is 1.33 bits per heavy atom. The second kappa shape index (κ2) is 3.51. The first-order chi connectivity index (χ1) is 7.34. The number of piperazine rings is 1. The number of nitrogens with two attached hydrogens (primary N) is 1. The van der Waals surface area contributed by atoms with E-state index in [9.17, 15) is 0 Å². The fourth-order valence-electron chi connectivity index (χ4n) is 2.75. The molecule has 1 aromatic carbocycles. The van der Waals surface area contributed by atoms with Gasteiger partial charge < -0.3 is 11.1 Å². The summed E-state index contributed by atoms with van der Waals surface area (Å²) in [5, 5.41) is 3.47. The van der Waals surface area contributed by atoms with Gasteiger partial charge in [0.1, 0.15) is 0 Å². The van der Waals surface area contributed by atoms with Gasteiger partial charge in [0.05, 0.1) is 0 Å². The van der Waals surface area contributed by atoms with E-state index in [0.717, 1.165) is 25.2 Å². The maximum Gasteiger partial charge on any atom is 0.0476 e. The molecule has 1 saturated heterocycles. The van der Waals surface area contributed by atoms with Crippen LogP contribution in [0.4, 0.5) is 5.69 Å². The zero-order valence-corrected chi connectivity index (χ0v) is 8.87. The van der Waals surface area contributed by atoms with Gasteiger partial charge in [0, 0.05) is 37.9 Å². The number of benzene rings is 1. The largest absolute Gasteiger partial charge is 0.399 e. The minimum absolute atomic E-state index is 0.572. The molecule has 15 heavy (non-hydrogen) atoms. The van der Waals surface area contributed by atoms with Crippen LogP contribution in [0.5, 0.6) is 0 Å². The summed E-state index contributed by atoms with van der Waals surface area (Å²) in [7, 11) is 0. The smallest absolute Gasteiger partial charge is 0.0476 e. The molecule has 3 N–H and O–H groups in total. The zero-order valence-electron chi connectivity index (χ0n) is 8.87. The molecule has 3 rings (SSSR count). The zero-order chi connectivity index (χ0) is 10.3. The quantitative estimate of drug-likeness (QED) is 0.612. The Balaban J connectivity index is 1.99. The predicted molar refractivity (Wildman–Crippen MR) is 61.7 cm³/mol. The van der Waals surface area contributed by atoms with E-state index in [2.05, 4.69) is 22.3 Å². The lowest BCUT2D eigenvalue weighted by atomic mass is 9.91. The van der Waals surface area contributed by atoms with Crippen molar-refractivity contribution in [1.29, 1.82) is 0 Å². The molecule has 0 aromatic heterocycles. The van der Waals surface area contributed by atoms with Crippen LogP contribution in [0.15, 0.2) is 18.2 Å². The normalized spacial score (nSPS) is 25.7. The fourth-order valence-corrected chi connectivity index (χ4v) is 2.75. The molecular weight excluding hydrogens is 186 g/mol. The van der Waals surface area contributed by atoms with E-state index in [1.807, 2.05) is 6.07 Å². The Labute approximate surface area is 90.3 Å². The third-order valence-electron chi connectivity index (χ3n) is 3.55. The lowest BCUT2D eigenvalue weighted by Crippen LogP contribution is -2.48. The number of hydrogen-bond acceptors (Lipinski definition) is 3. The first kappa shape index (κ1) is 9.19. The number of hydrogen-bond donors (Lipinski definition) is 2. The van der Waals surface area contributed by atoms with E-state index in [-0.39, 0.29) is 0 Å². The van der Waals surface area contributed by atoms with Gasteiger partial charge in [-0.25, -0.2) is 0 Å². The number of fused-ring (bicyclic) bond motifs is 3. The third kappa shape index (κ3) is 1.52. The maximum absolute atomic E-state index is 5.82. The minimum atomic E-state index is 0.572. The van der Waals surface area contributed by atoms with Crippen molar-refractivity contribution in [2.24, 2.45) is 0 Å². The molecule has 0 spiro atoms. The molecule has 0 saturated carbocycles. The summed E-state index contributed by atoms with van der Waals surface area (Å²) in [6.07, 6.45) is 1.15. The van der Waals surface area contributed by atoms with Crippen molar-refractivity contribution in [3.8, 4) is 0 Å². The predicted octanol–water partition coefficient (Wildman–Crippen LogP) is 0.771. The molecule has 0 amide bonds. The van der Waals surface area contributed by atoms with Crippen LogP contribution < -0.4 is 11.1 Å². The first-order valence-corrected chi connectivity index (χ1v) is 5.67. The Kier molecular flexibility index (Phi) is 2.15. The molecule has 1 aromatic rings. The van der Waals surface area contributed by atoms with Crippen molar-refractivity contribution in [3.05, 3.63) is 29.3 Å². The molecule has 2 aliphatic heterocycles. The number of nitrogens with zero attached hydrogens (tertiary/aromatic N) is 1. The molecule has 0 radical (unpaired) electrons. The van der Waals surface area contributed by atoms with Crippen LogP contribution in [0.25, 0.3) is 0 Å². The van der Waals surface area contributed by atoms with E-state index in [1.54, 1.807) is 0 Å². The molecule has 0 aliphatic carbocycles. The lowest BCUT2D eigenvalue weighted by Gasteiger charge is -2.40. The molecule has 1 unspecified atom stereocenters. The highest BCUT2D eigenvalue weighted by atomic mass is 15.2. The highest BCUT2D eigenvalue weighted by molar-refractivity contribution is 5.47. The van der Waals surface area contributed by atoms with E-state index in [4.69, 9.17) is 5.73 Å². The topological polar surface area (TPSA) is 41.3 Å². The number of anilines is 1. The molecule has 3 nitrogen and oxygen atoms in total. The third-order valence-corrected chi connectivity index (χ3v) is 3.55. The Hall–Kier alpha value is -1.06. The van der Waals surface area contributed by atoms with Gasteiger partial charge in [0.2, 0.25) is 0 Å². The highest BCUT2D eigenvalue weighted by Gasteiger charge is 2.28. The lowest BCUT2D eigenvalue weighted by molar-refractivity contribution is 0.152. The number of rotatable bonds is 0. The average Bonchev–Trinajstić information content (AvgIpc) is 2.28. The second-order valence-electron chi connectivity index (χ2n) is 4.46. The summed E-state index contributed by atoms with van der Waals surface area (Å²) < 4.78 is 0. The Morgan fingerprint density at radius 2 is 2.27 bits per heavy atom. The van der Waals surface area contributed by atoms with Crippen LogP contribution in [0.2, 0.25) is 0 Å². The summed E-state index contributed by atoms with van der Waals surface area (Å²) in [6.45, 7) is 4.56. The van der Waals surface area contributed by atoms with Crippen molar-refractivity contribution < 1.29 is 0 Å². The average molecular weight is 203 g/mol. The maximum atomic E-state index is 5.82. The summed E-state index contributed by atoms with van der Waals surface area (Å²) in [4.78, 5) is 2.58. The van der Waals surface area contributed by atoms with Crippen LogP contribution >= 0.6 is 0 Å². The van der Waals surface area contributed by atoms with Crippen LogP contribution in [0.3, 0.4) is 0 Å². The summed E-state index contributed by atoms with van der Waals surface area (Å²) in [6, 6.07) is 6.94. The SMILES string of the molecule is Nc1ccc2c(c1)CCN1CCNCC21. The molecule has 3 heteroatoms. The Bertz CT molecular complexity index is 375. The standard InChI is InChI=1S/C12H17N3/c13-10-1-2-11-9(7-10)3-5-15-6-4-14-8-12(11)15/h1-2,7,12,14H,3-6,8,13H2. The van der Waals surface area contributed by atoms with Crippen molar-refractivity contribution in [2.75, 3.05) is 31.9 Å². The highest BCUT2D eigenvalue weighted by Crippen LogP contribution is 2.31. The van der Waals surface area contributed by atoms with Gasteiger partial charge in [-0.15, -0.1) is 0 Å². The van der Waals surface area contributed by atoms with Crippen molar-refractivity contribution >= 4 is 5.69 Å². The van der Waals surface area contributed by atoms with Gasteiger partial charge in [0.25, 0.3) is 0 Å². The molecule has 80 valence electrons. The van der Waals surface area contributed by atoms with E-state index in [0.29, 0.717) is 6.04 Å². The Morgan fingerprint density at radius 3 is 3.20 bits per heavy atom. The van der Waals surface area contributed by atoms with Crippen LogP contribution in [-0.4, -0.2) is 31.1 Å². The van der Waals surface area contributed by atoms with E-state index in [1.165, 1.54) is 24.2 Å². The van der Waals surface area contributed by atoms with Crippen LogP contribution in [-0.2, 0) is 6.42 Å². The summed E-state index contributed by atoms with van der Waals surface area (Å²) in [5.74, 6) is 0. The van der Waals surface area contributed by atoms with E-state index < -0.39 is 0 Å². The van der Waals surface area contributed by atoms with E-state index >= 15 is 0 Å². The molecule has 2 heterocycles. The molecule has 2 aliphatic rings. The van der Waals surface area contributed by atoms with Gasteiger partial charge in [-0.1, -0.05) is 6.07 Å². The van der Waals surface area contributed by atoms with Crippen molar-refractivity contribution in [3.63, 3.8) is 0 Å². The molecular formula is C12H17N3. The first-order valence-electron chi connectivity index (χ1n) is 5.67.